The molecule has 206 valence electrons. The van der Waals surface area contributed by atoms with Gasteiger partial charge in [0.15, 0.2) is 5.13 Å². The lowest BCUT2D eigenvalue weighted by molar-refractivity contribution is 0.103. The molecule has 3 fully saturated rings. The van der Waals surface area contributed by atoms with Crippen LogP contribution in [0.25, 0.3) is 0 Å². The standard InChI is InChI=1S/C28H32F2N6OS2/c29-22-4-1-5-23(30)24(22)25(37)26-27(31)34-28(38-26)33-20-3-2-10-36(12-9-20)39-21-7-6-19(32-14-21)8-11-35-15-17-13-18(17)16-35/h1,4-7,14,17-18,20H,2-3,8-13,15-16,31H2,(H,33,34). The van der Waals surface area contributed by atoms with Crippen molar-refractivity contribution in [3.05, 3.63) is 64.3 Å². The van der Waals surface area contributed by atoms with Crippen molar-refractivity contribution in [2.45, 2.75) is 43.0 Å². The number of hydrogen-bond donors (Lipinski definition) is 2. The number of hydrogen-bond acceptors (Lipinski definition) is 9. The van der Waals surface area contributed by atoms with E-state index in [4.69, 9.17) is 10.7 Å². The van der Waals surface area contributed by atoms with Gasteiger partial charge in [0.1, 0.15) is 22.3 Å². The van der Waals surface area contributed by atoms with Crippen molar-refractivity contribution in [3.8, 4) is 0 Å². The summed E-state index contributed by atoms with van der Waals surface area (Å²) in [7, 11) is 0. The average Bonchev–Trinajstić information content (AvgIpc) is 3.45. The highest BCUT2D eigenvalue weighted by Gasteiger charge is 2.44. The Morgan fingerprint density at radius 1 is 1.13 bits per heavy atom. The van der Waals surface area contributed by atoms with Crippen molar-refractivity contribution in [3.63, 3.8) is 0 Å². The number of thiazole rings is 1. The molecule has 1 aromatic carbocycles. The number of aromatic nitrogens is 2. The summed E-state index contributed by atoms with van der Waals surface area (Å²) in [6.07, 6.45) is 7.26. The van der Waals surface area contributed by atoms with Crippen LogP contribution in [0.5, 0.6) is 0 Å². The number of fused-ring (bicyclic) bond motifs is 1. The molecule has 2 aromatic heterocycles. The first kappa shape index (κ1) is 26.6. The number of benzene rings is 1. The van der Waals surface area contributed by atoms with E-state index >= 15 is 0 Å². The second-order valence-electron chi connectivity index (χ2n) is 10.7. The van der Waals surface area contributed by atoms with Crippen LogP contribution in [0, 0.1) is 23.5 Å². The first-order valence-electron chi connectivity index (χ1n) is 13.5. The Hall–Kier alpha value is -2.60. The number of nitrogen functional groups attached to an aromatic ring is 1. The minimum absolute atomic E-state index is 0.0195. The molecule has 0 spiro atoms. The molecular weight excluding hydrogens is 538 g/mol. The first-order chi connectivity index (χ1) is 18.9. The van der Waals surface area contributed by atoms with Gasteiger partial charge in [-0.2, -0.15) is 0 Å². The lowest BCUT2D eigenvalue weighted by Gasteiger charge is -2.19. The molecule has 4 heterocycles. The fourth-order valence-electron chi connectivity index (χ4n) is 5.58. The average molecular weight is 571 g/mol. The molecular formula is C28H32F2N6OS2. The molecule has 11 heteroatoms. The van der Waals surface area contributed by atoms with Crippen LogP contribution in [0.2, 0.25) is 0 Å². The second kappa shape index (κ2) is 11.5. The molecule has 3 N–H and O–H groups in total. The number of likely N-dealkylation sites (tertiary alicyclic amines) is 1. The third-order valence-electron chi connectivity index (χ3n) is 7.83. The Labute approximate surface area is 235 Å². The number of rotatable bonds is 9. The predicted octanol–water partition coefficient (Wildman–Crippen LogP) is 5.10. The summed E-state index contributed by atoms with van der Waals surface area (Å²) < 4.78 is 30.6. The minimum atomic E-state index is -0.910. The van der Waals surface area contributed by atoms with Crippen LogP contribution in [0.3, 0.4) is 0 Å². The molecule has 0 amide bonds. The molecule has 3 aliphatic rings. The maximum Gasteiger partial charge on any atom is 0.212 e. The quantitative estimate of drug-likeness (QED) is 0.272. The number of halogens is 2. The van der Waals surface area contributed by atoms with E-state index in [1.165, 1.54) is 25.6 Å². The van der Waals surface area contributed by atoms with Crippen molar-refractivity contribution in [2.75, 3.05) is 43.8 Å². The highest BCUT2D eigenvalue weighted by Crippen LogP contribution is 2.44. The van der Waals surface area contributed by atoms with Gasteiger partial charge in [0.25, 0.3) is 0 Å². The lowest BCUT2D eigenvalue weighted by atomic mass is 10.1. The maximum atomic E-state index is 14.1. The zero-order valence-corrected chi connectivity index (χ0v) is 23.2. The largest absolute Gasteiger partial charge is 0.382 e. The molecule has 1 saturated carbocycles. The van der Waals surface area contributed by atoms with E-state index in [2.05, 4.69) is 31.6 Å². The van der Waals surface area contributed by atoms with E-state index in [1.54, 1.807) is 11.9 Å². The third-order valence-corrected chi connectivity index (χ3v) is 9.91. The Morgan fingerprint density at radius 2 is 1.92 bits per heavy atom. The molecule has 6 rings (SSSR count). The highest BCUT2D eigenvalue weighted by molar-refractivity contribution is 7.97. The van der Waals surface area contributed by atoms with Gasteiger partial charge in [-0.15, -0.1) is 0 Å². The maximum absolute atomic E-state index is 14.1. The minimum Gasteiger partial charge on any atom is -0.382 e. The van der Waals surface area contributed by atoms with Crippen molar-refractivity contribution in [1.29, 1.82) is 0 Å². The fourth-order valence-corrected chi connectivity index (χ4v) is 7.43. The van der Waals surface area contributed by atoms with Gasteiger partial charge in [-0.1, -0.05) is 17.4 Å². The van der Waals surface area contributed by atoms with Crippen molar-refractivity contribution in [1.82, 2.24) is 19.2 Å². The Balaban J connectivity index is 0.996. The predicted molar refractivity (Wildman–Crippen MR) is 151 cm³/mol. The van der Waals surface area contributed by atoms with Gasteiger partial charge in [0.2, 0.25) is 5.78 Å². The van der Waals surface area contributed by atoms with Gasteiger partial charge in [0.05, 0.1) is 5.56 Å². The second-order valence-corrected chi connectivity index (χ2v) is 12.9. The molecule has 39 heavy (non-hydrogen) atoms. The van der Waals surface area contributed by atoms with Gasteiger partial charge in [-0.25, -0.2) is 18.1 Å². The van der Waals surface area contributed by atoms with Crippen LogP contribution in [-0.4, -0.2) is 63.7 Å². The van der Waals surface area contributed by atoms with Crippen LogP contribution in [0.15, 0.2) is 41.4 Å². The van der Waals surface area contributed by atoms with Crippen molar-refractivity contribution in [2.24, 2.45) is 11.8 Å². The topological polar surface area (TPSA) is 87.4 Å². The summed E-state index contributed by atoms with van der Waals surface area (Å²) >= 11 is 2.78. The zero-order valence-electron chi connectivity index (χ0n) is 21.6. The molecule has 0 radical (unpaired) electrons. The monoisotopic (exact) mass is 570 g/mol. The smallest absolute Gasteiger partial charge is 0.212 e. The molecule has 2 saturated heterocycles. The number of ketones is 1. The van der Waals surface area contributed by atoms with Gasteiger partial charge >= 0.3 is 0 Å². The van der Waals surface area contributed by atoms with Gasteiger partial charge in [-0.3, -0.25) is 9.78 Å². The number of nitrogens with one attached hydrogen (secondary N) is 1. The van der Waals surface area contributed by atoms with E-state index in [9.17, 15) is 13.6 Å². The molecule has 3 atom stereocenters. The van der Waals surface area contributed by atoms with Gasteiger partial charge in [-0.05, 0) is 73.7 Å². The molecule has 0 bridgehead atoms. The van der Waals surface area contributed by atoms with Crippen LogP contribution >= 0.6 is 23.3 Å². The number of pyridine rings is 1. The number of piperidine rings is 1. The Kier molecular flexibility index (Phi) is 7.84. The van der Waals surface area contributed by atoms with Crippen LogP contribution in [-0.2, 0) is 6.42 Å². The molecule has 2 aliphatic heterocycles. The van der Waals surface area contributed by atoms with Crippen LogP contribution in [0.1, 0.15) is 46.6 Å². The number of anilines is 2. The van der Waals surface area contributed by atoms with Crippen LogP contribution < -0.4 is 11.1 Å². The highest BCUT2D eigenvalue weighted by atomic mass is 32.2. The van der Waals surface area contributed by atoms with Crippen molar-refractivity contribution < 1.29 is 13.6 Å². The van der Waals surface area contributed by atoms with E-state index < -0.39 is 23.0 Å². The summed E-state index contributed by atoms with van der Waals surface area (Å²) in [5.74, 6) is -0.687. The zero-order chi connectivity index (χ0) is 26.9. The first-order valence-corrected chi connectivity index (χ1v) is 15.1. The van der Waals surface area contributed by atoms with Gasteiger partial charge < -0.3 is 16.0 Å². The van der Waals surface area contributed by atoms with Crippen LogP contribution in [0.4, 0.5) is 19.7 Å². The third kappa shape index (κ3) is 6.26. The SMILES string of the molecule is Nc1nc(NC2CCCN(Sc3ccc(CCN4CC5CC5C4)nc3)CC2)sc1C(=O)c1c(F)cccc1F. The van der Waals surface area contributed by atoms with Crippen molar-refractivity contribution >= 4 is 40.0 Å². The van der Waals surface area contributed by atoms with E-state index in [0.29, 0.717) is 5.13 Å². The summed E-state index contributed by atoms with van der Waals surface area (Å²) in [5.41, 5.74) is 6.51. The molecule has 3 unspecified atom stereocenters. The summed E-state index contributed by atoms with van der Waals surface area (Å²) in [4.78, 5) is 25.5. The summed E-state index contributed by atoms with van der Waals surface area (Å²) in [5, 5.41) is 3.88. The van der Waals surface area contributed by atoms with E-state index in [0.717, 1.165) is 91.2 Å². The van der Waals surface area contributed by atoms with E-state index in [1.807, 2.05) is 6.20 Å². The molecule has 3 aromatic rings. The lowest BCUT2D eigenvalue weighted by Crippen LogP contribution is -2.25. The Bertz CT molecular complexity index is 1310. The number of carbonyl (C=O) groups is 1. The summed E-state index contributed by atoms with van der Waals surface area (Å²) in [6.45, 7) is 5.48. The Morgan fingerprint density at radius 3 is 2.67 bits per heavy atom. The molecule has 1 aliphatic carbocycles. The van der Waals surface area contributed by atoms with E-state index in [-0.39, 0.29) is 16.7 Å². The van der Waals surface area contributed by atoms with Gasteiger partial charge in [0, 0.05) is 62.0 Å². The summed E-state index contributed by atoms with van der Waals surface area (Å²) in [6, 6.07) is 7.82. The normalized spacial score (nSPS) is 23.4. The number of nitrogens with two attached hydrogens (primary N) is 1. The number of carbonyl (C=O) groups excluding carboxylic acids is 1. The molecule has 7 nitrogen and oxygen atoms in total. The number of nitrogens with zero attached hydrogens (tertiary/aromatic N) is 4. The fraction of sp³-hybridized carbons (Fsp3) is 0.464.